The Kier molecular flexibility index (Phi) is 6.39. The largest absolute Gasteiger partial charge is 0.486 e. The number of carbonyl (C=O) groups excluding carboxylic acids is 2. The first-order valence-electron chi connectivity index (χ1n) is 8.89. The average Bonchev–Trinajstić information content (AvgIpc) is 2.68. The Morgan fingerprint density at radius 3 is 2.63 bits per heavy atom. The molecule has 0 unspecified atom stereocenters. The Morgan fingerprint density at radius 1 is 1.19 bits per heavy atom. The first kappa shape index (κ1) is 19.3. The summed E-state index contributed by atoms with van der Waals surface area (Å²) in [5.41, 5.74) is 1.85. The van der Waals surface area contributed by atoms with Gasteiger partial charge in [-0.05, 0) is 31.0 Å². The Bertz CT molecular complexity index is 856. The SMILES string of the molecule is CCOC(=O)CNC(=O)CSc1nc2cc3c(cc2cc1CC)OCCO3. The first-order chi connectivity index (χ1) is 13.1. The highest BCUT2D eigenvalue weighted by Gasteiger charge is 2.16. The summed E-state index contributed by atoms with van der Waals surface area (Å²) < 4.78 is 16.0. The number of amides is 1. The highest BCUT2D eigenvalue weighted by Crippen LogP contribution is 2.35. The molecular weight excluding hydrogens is 368 g/mol. The minimum atomic E-state index is -0.444. The summed E-state index contributed by atoms with van der Waals surface area (Å²) in [6.45, 7) is 5.01. The van der Waals surface area contributed by atoms with Gasteiger partial charge in [0.05, 0.1) is 17.9 Å². The molecule has 1 amide bonds. The molecule has 2 heterocycles. The topological polar surface area (TPSA) is 86.8 Å². The van der Waals surface area contributed by atoms with Gasteiger partial charge in [0.25, 0.3) is 0 Å². The van der Waals surface area contributed by atoms with E-state index >= 15 is 0 Å². The number of nitrogens with one attached hydrogen (secondary N) is 1. The molecule has 2 aromatic rings. The van der Waals surface area contributed by atoms with E-state index in [4.69, 9.17) is 19.2 Å². The first-order valence-corrected chi connectivity index (χ1v) is 9.87. The van der Waals surface area contributed by atoms with Gasteiger partial charge in [0.2, 0.25) is 5.91 Å². The lowest BCUT2D eigenvalue weighted by Crippen LogP contribution is -2.31. The molecule has 1 N–H and O–H groups in total. The van der Waals surface area contributed by atoms with Crippen molar-refractivity contribution in [1.29, 1.82) is 0 Å². The third kappa shape index (κ3) is 4.82. The number of rotatable bonds is 7. The van der Waals surface area contributed by atoms with Crippen molar-refractivity contribution >= 4 is 34.5 Å². The van der Waals surface area contributed by atoms with Crippen LogP contribution in [0.15, 0.2) is 23.2 Å². The molecule has 1 aromatic heterocycles. The van der Waals surface area contributed by atoms with Crippen LogP contribution in [0.25, 0.3) is 10.9 Å². The van der Waals surface area contributed by atoms with E-state index in [1.54, 1.807) is 6.92 Å². The lowest BCUT2D eigenvalue weighted by atomic mass is 10.1. The predicted octanol–water partition coefficient (Wildman–Crippen LogP) is 2.34. The lowest BCUT2D eigenvalue weighted by Gasteiger charge is -2.19. The summed E-state index contributed by atoms with van der Waals surface area (Å²) in [5.74, 6) is 0.917. The summed E-state index contributed by atoms with van der Waals surface area (Å²) in [6, 6.07) is 5.88. The van der Waals surface area contributed by atoms with Crippen LogP contribution in [-0.4, -0.2) is 49.0 Å². The fourth-order valence-electron chi connectivity index (χ4n) is 2.68. The zero-order chi connectivity index (χ0) is 19.2. The van der Waals surface area contributed by atoms with Crippen molar-refractivity contribution in [2.75, 3.05) is 32.1 Å². The number of hydrogen-bond donors (Lipinski definition) is 1. The number of nitrogens with zero attached hydrogens (tertiary/aromatic N) is 1. The molecule has 0 saturated carbocycles. The molecule has 3 rings (SSSR count). The number of pyridine rings is 1. The third-order valence-electron chi connectivity index (χ3n) is 3.97. The Hall–Kier alpha value is -2.48. The maximum atomic E-state index is 12.0. The van der Waals surface area contributed by atoms with E-state index in [-0.39, 0.29) is 18.2 Å². The number of aryl methyl sites for hydroxylation is 1. The van der Waals surface area contributed by atoms with Crippen LogP contribution in [0.3, 0.4) is 0 Å². The maximum absolute atomic E-state index is 12.0. The van der Waals surface area contributed by atoms with Crippen LogP contribution >= 0.6 is 11.8 Å². The molecule has 144 valence electrons. The van der Waals surface area contributed by atoms with Crippen molar-refractivity contribution in [3.63, 3.8) is 0 Å². The molecule has 0 aliphatic carbocycles. The zero-order valence-electron chi connectivity index (χ0n) is 15.4. The van der Waals surface area contributed by atoms with E-state index in [9.17, 15) is 9.59 Å². The van der Waals surface area contributed by atoms with Crippen molar-refractivity contribution in [3.8, 4) is 11.5 Å². The van der Waals surface area contributed by atoms with Crippen molar-refractivity contribution in [3.05, 3.63) is 23.8 Å². The van der Waals surface area contributed by atoms with Crippen LogP contribution < -0.4 is 14.8 Å². The minimum Gasteiger partial charge on any atom is -0.486 e. The highest BCUT2D eigenvalue weighted by atomic mass is 32.2. The van der Waals surface area contributed by atoms with Crippen molar-refractivity contribution in [1.82, 2.24) is 10.3 Å². The van der Waals surface area contributed by atoms with Gasteiger partial charge in [0.1, 0.15) is 24.8 Å². The number of ether oxygens (including phenoxy) is 3. The molecule has 1 aliphatic heterocycles. The summed E-state index contributed by atoms with van der Waals surface area (Å²) in [5, 5.41) is 4.33. The third-order valence-corrected chi connectivity index (χ3v) is 5.01. The van der Waals surface area contributed by atoms with Gasteiger partial charge in [0, 0.05) is 11.5 Å². The van der Waals surface area contributed by atoms with Gasteiger partial charge >= 0.3 is 5.97 Å². The predicted molar refractivity (Wildman–Crippen MR) is 102 cm³/mol. The molecule has 7 nitrogen and oxygen atoms in total. The van der Waals surface area contributed by atoms with E-state index in [2.05, 4.69) is 11.4 Å². The van der Waals surface area contributed by atoms with Crippen LogP contribution in [0.5, 0.6) is 11.5 Å². The number of fused-ring (bicyclic) bond motifs is 2. The van der Waals surface area contributed by atoms with Crippen LogP contribution in [0, 0.1) is 0 Å². The van der Waals surface area contributed by atoms with Crippen molar-refractivity contribution < 1.29 is 23.8 Å². The van der Waals surface area contributed by atoms with Gasteiger partial charge in [0.15, 0.2) is 11.5 Å². The smallest absolute Gasteiger partial charge is 0.325 e. The van der Waals surface area contributed by atoms with Crippen LogP contribution in [0.1, 0.15) is 19.4 Å². The molecule has 1 aliphatic rings. The number of hydrogen-bond acceptors (Lipinski definition) is 7. The van der Waals surface area contributed by atoms with Gasteiger partial charge in [-0.3, -0.25) is 9.59 Å². The van der Waals surface area contributed by atoms with Gasteiger partial charge in [-0.1, -0.05) is 18.7 Å². The van der Waals surface area contributed by atoms with E-state index in [1.807, 2.05) is 19.1 Å². The number of esters is 1. The monoisotopic (exact) mass is 390 g/mol. The molecule has 8 heteroatoms. The normalized spacial score (nSPS) is 12.7. The fraction of sp³-hybridized carbons (Fsp3) is 0.421. The van der Waals surface area contributed by atoms with Gasteiger partial charge in [-0.2, -0.15) is 0 Å². The molecule has 0 fully saturated rings. The maximum Gasteiger partial charge on any atom is 0.325 e. The standard InChI is InChI=1S/C19H22N2O5S/c1-3-12-7-13-8-15-16(26-6-5-25-15)9-14(13)21-19(12)27-11-17(22)20-10-18(23)24-4-2/h7-9H,3-6,10-11H2,1-2H3,(H,20,22). The van der Waals surface area contributed by atoms with Crippen LogP contribution in [0.2, 0.25) is 0 Å². The second-order valence-electron chi connectivity index (χ2n) is 5.87. The van der Waals surface area contributed by atoms with Crippen LogP contribution in [0.4, 0.5) is 0 Å². The van der Waals surface area contributed by atoms with Crippen molar-refractivity contribution in [2.45, 2.75) is 25.3 Å². The molecular formula is C19H22N2O5S. The Labute approximate surface area is 161 Å². The molecule has 0 bridgehead atoms. The fourth-order valence-corrected chi connectivity index (χ4v) is 3.60. The summed E-state index contributed by atoms with van der Waals surface area (Å²) in [4.78, 5) is 28.0. The number of aromatic nitrogens is 1. The quantitative estimate of drug-likeness (QED) is 0.573. The van der Waals surface area contributed by atoms with Crippen LogP contribution in [-0.2, 0) is 20.7 Å². The van der Waals surface area contributed by atoms with Crippen molar-refractivity contribution in [2.24, 2.45) is 0 Å². The molecule has 0 saturated heterocycles. The lowest BCUT2D eigenvalue weighted by molar-refractivity contribution is -0.143. The Morgan fingerprint density at radius 2 is 1.93 bits per heavy atom. The Balaban J connectivity index is 1.71. The van der Waals surface area contributed by atoms with E-state index in [1.165, 1.54) is 11.8 Å². The highest BCUT2D eigenvalue weighted by molar-refractivity contribution is 7.99. The summed E-state index contributed by atoms with van der Waals surface area (Å²) in [6.07, 6.45) is 0.796. The average molecular weight is 390 g/mol. The number of thioether (sulfide) groups is 1. The summed E-state index contributed by atoms with van der Waals surface area (Å²) in [7, 11) is 0. The number of carbonyl (C=O) groups is 2. The van der Waals surface area contributed by atoms with E-state index < -0.39 is 5.97 Å². The second-order valence-corrected chi connectivity index (χ2v) is 6.83. The van der Waals surface area contributed by atoms with E-state index in [0.29, 0.717) is 25.6 Å². The van der Waals surface area contributed by atoms with Gasteiger partial charge in [-0.15, -0.1) is 0 Å². The van der Waals surface area contributed by atoms with Gasteiger partial charge in [-0.25, -0.2) is 4.98 Å². The zero-order valence-corrected chi connectivity index (χ0v) is 16.2. The minimum absolute atomic E-state index is 0.123. The van der Waals surface area contributed by atoms with Gasteiger partial charge < -0.3 is 19.5 Å². The molecule has 0 radical (unpaired) electrons. The molecule has 0 spiro atoms. The van der Waals surface area contributed by atoms with E-state index in [0.717, 1.165) is 33.7 Å². The second kappa shape index (κ2) is 8.94. The number of benzene rings is 1. The molecule has 1 aromatic carbocycles. The molecule has 0 atom stereocenters. The summed E-state index contributed by atoms with van der Waals surface area (Å²) >= 11 is 1.35. The molecule has 27 heavy (non-hydrogen) atoms.